The second kappa shape index (κ2) is 13.1. The molecule has 15 heteroatoms. The highest BCUT2D eigenvalue weighted by Crippen LogP contribution is 2.23. The summed E-state index contributed by atoms with van der Waals surface area (Å²) in [5.41, 5.74) is 5.16. The van der Waals surface area contributed by atoms with Gasteiger partial charge in [-0.05, 0) is 20.3 Å². The third kappa shape index (κ3) is 8.49. The molecule has 0 aliphatic carbocycles. The van der Waals surface area contributed by atoms with Crippen LogP contribution in [0.2, 0.25) is 0 Å². The van der Waals surface area contributed by atoms with Crippen LogP contribution in [0.15, 0.2) is 0 Å². The summed E-state index contributed by atoms with van der Waals surface area (Å²) in [5.74, 6) is -4.34. The van der Waals surface area contributed by atoms with Crippen molar-refractivity contribution >= 4 is 29.6 Å². The number of aliphatic carboxylic acids is 1. The normalized spacial score (nSPS) is 27.1. The minimum Gasteiger partial charge on any atom is -0.481 e. The standard InChI is InChI=1S/C19H32N4O11/c1-7(17(30)23-10(16(20)29)4-5-12(26)27)21-18(31)8(2)33-15-13(22-9(3)25)19(32)34-11(6-24)14(15)28/h7-8,10-11,13-15,19,24,28,32H,4-6H2,1-3H3,(H2,20,29)(H,21,31)(H,22,25)(H,23,30)(H,26,27)/t7-,8+,10+,11+,13?,14+,15+,19?/m0/s1. The first-order valence-electron chi connectivity index (χ1n) is 10.4. The molecule has 0 radical (unpaired) electrons. The molecule has 15 nitrogen and oxygen atoms in total. The van der Waals surface area contributed by atoms with Crippen molar-refractivity contribution in [1.29, 1.82) is 0 Å². The molecule has 8 atom stereocenters. The van der Waals surface area contributed by atoms with E-state index in [1.807, 2.05) is 0 Å². The molecule has 34 heavy (non-hydrogen) atoms. The maximum Gasteiger partial charge on any atom is 0.303 e. The number of rotatable bonds is 12. The third-order valence-electron chi connectivity index (χ3n) is 5.03. The van der Waals surface area contributed by atoms with Gasteiger partial charge in [-0.2, -0.15) is 0 Å². The SMILES string of the molecule is CC(=O)NC1C(O)O[C@H](CO)[C@@H](O)[C@@H]1O[C@H](C)C(=O)N[C@@H](C)C(=O)N[C@H](CCC(=O)O)C(N)=O. The molecule has 1 rings (SSSR count). The Morgan fingerprint density at radius 3 is 2.21 bits per heavy atom. The molecule has 1 fully saturated rings. The number of hydrogen-bond acceptors (Lipinski definition) is 10. The predicted molar refractivity (Wildman–Crippen MR) is 112 cm³/mol. The van der Waals surface area contributed by atoms with E-state index in [2.05, 4.69) is 16.0 Å². The van der Waals surface area contributed by atoms with Gasteiger partial charge in [-0.1, -0.05) is 0 Å². The first-order chi connectivity index (χ1) is 15.8. The average Bonchev–Trinajstić information content (AvgIpc) is 2.74. The van der Waals surface area contributed by atoms with Crippen LogP contribution in [-0.2, 0) is 33.4 Å². The molecule has 1 saturated heterocycles. The fourth-order valence-corrected chi connectivity index (χ4v) is 3.18. The Kier molecular flexibility index (Phi) is 11.3. The third-order valence-corrected chi connectivity index (χ3v) is 5.03. The Morgan fingerprint density at radius 1 is 1.09 bits per heavy atom. The molecular formula is C19H32N4O11. The molecule has 9 N–H and O–H groups in total. The molecule has 194 valence electrons. The first kappa shape index (κ1) is 29.2. The molecule has 1 aliphatic rings. The first-order valence-corrected chi connectivity index (χ1v) is 10.4. The van der Waals surface area contributed by atoms with Gasteiger partial charge in [0, 0.05) is 13.3 Å². The van der Waals surface area contributed by atoms with E-state index in [4.69, 9.17) is 20.3 Å². The van der Waals surface area contributed by atoms with E-state index in [0.717, 1.165) is 6.92 Å². The number of carbonyl (C=O) groups is 5. The smallest absolute Gasteiger partial charge is 0.303 e. The number of carboxylic acid groups (broad SMARTS) is 1. The van der Waals surface area contributed by atoms with Crippen LogP contribution in [0.1, 0.15) is 33.6 Å². The summed E-state index contributed by atoms with van der Waals surface area (Å²) in [4.78, 5) is 58.4. The fourth-order valence-electron chi connectivity index (χ4n) is 3.18. The Hall–Kier alpha value is -2.85. The summed E-state index contributed by atoms with van der Waals surface area (Å²) >= 11 is 0. The molecular weight excluding hydrogens is 460 g/mol. The number of amides is 4. The quantitative estimate of drug-likeness (QED) is 0.129. The highest BCUT2D eigenvalue weighted by atomic mass is 16.6. The van der Waals surface area contributed by atoms with Crippen LogP contribution < -0.4 is 21.7 Å². The van der Waals surface area contributed by atoms with Crippen LogP contribution in [0.4, 0.5) is 0 Å². The van der Waals surface area contributed by atoms with Gasteiger partial charge in [0.05, 0.1) is 6.61 Å². The van der Waals surface area contributed by atoms with Crippen molar-refractivity contribution in [2.24, 2.45) is 5.73 Å². The minimum atomic E-state index is -1.65. The van der Waals surface area contributed by atoms with Gasteiger partial charge >= 0.3 is 5.97 Å². The largest absolute Gasteiger partial charge is 0.481 e. The highest BCUT2D eigenvalue weighted by molar-refractivity contribution is 5.92. The maximum absolute atomic E-state index is 12.5. The average molecular weight is 492 g/mol. The molecule has 1 heterocycles. The van der Waals surface area contributed by atoms with E-state index in [0.29, 0.717) is 0 Å². The van der Waals surface area contributed by atoms with Crippen molar-refractivity contribution < 1.29 is 53.9 Å². The van der Waals surface area contributed by atoms with Gasteiger partial charge in [0.1, 0.15) is 42.5 Å². The van der Waals surface area contributed by atoms with E-state index in [1.165, 1.54) is 13.8 Å². The van der Waals surface area contributed by atoms with E-state index < -0.39 is 91.5 Å². The molecule has 1 aliphatic heterocycles. The Bertz CT molecular complexity index is 765. The Morgan fingerprint density at radius 2 is 1.71 bits per heavy atom. The summed E-state index contributed by atoms with van der Waals surface area (Å²) in [5, 5.41) is 45.5. The monoisotopic (exact) mass is 492 g/mol. The zero-order chi connectivity index (χ0) is 26.2. The van der Waals surface area contributed by atoms with Crippen molar-refractivity contribution in [3.8, 4) is 0 Å². The zero-order valence-corrected chi connectivity index (χ0v) is 19.0. The van der Waals surface area contributed by atoms with Crippen LogP contribution in [0.25, 0.3) is 0 Å². The molecule has 0 bridgehead atoms. The van der Waals surface area contributed by atoms with Crippen LogP contribution in [0.5, 0.6) is 0 Å². The van der Waals surface area contributed by atoms with Gasteiger partial charge in [-0.3, -0.25) is 24.0 Å². The molecule has 0 spiro atoms. The lowest BCUT2D eigenvalue weighted by Crippen LogP contribution is -2.65. The zero-order valence-electron chi connectivity index (χ0n) is 19.0. The summed E-state index contributed by atoms with van der Waals surface area (Å²) in [6.07, 6.45) is -7.74. The van der Waals surface area contributed by atoms with E-state index >= 15 is 0 Å². The van der Waals surface area contributed by atoms with Gasteiger partial charge in [-0.25, -0.2) is 0 Å². The molecule has 0 aromatic heterocycles. The van der Waals surface area contributed by atoms with Gasteiger partial charge in [0.15, 0.2) is 6.29 Å². The number of nitrogens with two attached hydrogens (primary N) is 1. The topological polar surface area (TPSA) is 247 Å². The van der Waals surface area contributed by atoms with Gasteiger partial charge in [0.25, 0.3) is 0 Å². The number of primary amides is 1. The fraction of sp³-hybridized carbons (Fsp3) is 0.737. The van der Waals surface area contributed by atoms with Gasteiger partial charge in [-0.15, -0.1) is 0 Å². The lowest BCUT2D eigenvalue weighted by atomic mass is 9.96. The molecule has 4 amide bonds. The van der Waals surface area contributed by atoms with Crippen molar-refractivity contribution in [2.45, 2.75) is 82.4 Å². The summed E-state index contributed by atoms with van der Waals surface area (Å²) in [6.45, 7) is 3.06. The lowest BCUT2D eigenvalue weighted by Gasteiger charge is -2.43. The Balaban J connectivity index is 2.80. The number of ether oxygens (including phenoxy) is 2. The minimum absolute atomic E-state index is 0.239. The molecule has 0 aromatic rings. The van der Waals surface area contributed by atoms with Crippen molar-refractivity contribution in [3.05, 3.63) is 0 Å². The van der Waals surface area contributed by atoms with Crippen molar-refractivity contribution in [3.63, 3.8) is 0 Å². The second-order valence-corrected chi connectivity index (χ2v) is 7.83. The highest BCUT2D eigenvalue weighted by Gasteiger charge is 2.47. The van der Waals surface area contributed by atoms with E-state index in [1.54, 1.807) is 0 Å². The van der Waals surface area contributed by atoms with Gasteiger partial charge < -0.3 is 51.6 Å². The van der Waals surface area contributed by atoms with Crippen LogP contribution in [0, 0.1) is 0 Å². The van der Waals surface area contributed by atoms with Crippen LogP contribution in [0.3, 0.4) is 0 Å². The predicted octanol–water partition coefficient (Wildman–Crippen LogP) is -4.33. The van der Waals surface area contributed by atoms with Crippen molar-refractivity contribution in [1.82, 2.24) is 16.0 Å². The lowest BCUT2D eigenvalue weighted by molar-refractivity contribution is -0.266. The maximum atomic E-state index is 12.5. The van der Waals surface area contributed by atoms with Crippen LogP contribution in [-0.4, -0.2) is 105 Å². The number of carboxylic acids is 1. The number of aliphatic hydroxyl groups is 3. The number of aliphatic hydroxyl groups excluding tert-OH is 3. The van der Waals surface area contributed by atoms with Crippen molar-refractivity contribution in [2.75, 3.05) is 6.61 Å². The van der Waals surface area contributed by atoms with E-state index in [9.17, 15) is 39.3 Å². The van der Waals surface area contributed by atoms with E-state index in [-0.39, 0.29) is 6.42 Å². The second-order valence-electron chi connectivity index (χ2n) is 7.83. The summed E-state index contributed by atoms with van der Waals surface area (Å²) in [6, 6.07) is -3.71. The molecule has 0 aromatic carbocycles. The number of carbonyl (C=O) groups excluding carboxylic acids is 4. The number of hydrogen-bond donors (Lipinski definition) is 8. The van der Waals surface area contributed by atoms with Gasteiger partial charge in [0.2, 0.25) is 23.6 Å². The molecule has 0 saturated carbocycles. The Labute approximate surface area is 195 Å². The summed E-state index contributed by atoms with van der Waals surface area (Å²) < 4.78 is 10.6. The van der Waals surface area contributed by atoms with Crippen LogP contribution >= 0.6 is 0 Å². The molecule has 2 unspecified atom stereocenters. The summed E-state index contributed by atoms with van der Waals surface area (Å²) in [7, 11) is 0. The number of nitrogens with one attached hydrogen (secondary N) is 3.